The van der Waals surface area contributed by atoms with Crippen LogP contribution in [0.1, 0.15) is 11.6 Å². The van der Waals surface area contributed by atoms with Crippen LogP contribution in [0.3, 0.4) is 0 Å². The van der Waals surface area contributed by atoms with Crippen LogP contribution in [0.4, 0.5) is 0 Å². The minimum absolute atomic E-state index is 0.0753. The largest absolute Gasteiger partial charge is 0.329 e. The molecule has 1 rings (SSSR count). The van der Waals surface area contributed by atoms with Gasteiger partial charge in [0.25, 0.3) is 0 Å². The Morgan fingerprint density at radius 2 is 2.50 bits per heavy atom. The number of nitrogens with zero attached hydrogens (tertiary/aromatic N) is 2. The number of nitrogens with two attached hydrogens (primary N) is 2. The molecule has 1 atom stereocenters. The Kier molecular flexibility index (Phi) is 2.03. The Hall–Kier alpha value is -0.870. The second-order valence-corrected chi connectivity index (χ2v) is 2.29. The van der Waals surface area contributed by atoms with Crippen LogP contribution in [0.25, 0.3) is 0 Å². The third-order valence-electron chi connectivity index (χ3n) is 1.41. The molecule has 0 saturated heterocycles. The minimum Gasteiger partial charge on any atom is -0.329 e. The van der Waals surface area contributed by atoms with E-state index in [1.54, 1.807) is 10.9 Å². The quantitative estimate of drug-likeness (QED) is 0.575. The molecule has 4 nitrogen and oxygen atoms in total. The molecule has 0 saturated carbocycles. The molecule has 1 aromatic heterocycles. The van der Waals surface area contributed by atoms with Gasteiger partial charge in [0.1, 0.15) is 0 Å². The van der Waals surface area contributed by atoms with Gasteiger partial charge in [0.2, 0.25) is 0 Å². The molecule has 0 aliphatic rings. The van der Waals surface area contributed by atoms with Gasteiger partial charge in [-0.1, -0.05) is 0 Å². The number of hydrogen-bond donors (Lipinski definition) is 2. The second kappa shape index (κ2) is 2.81. The van der Waals surface area contributed by atoms with Gasteiger partial charge >= 0.3 is 0 Å². The summed E-state index contributed by atoms with van der Waals surface area (Å²) in [7, 11) is 1.85. The van der Waals surface area contributed by atoms with Crippen LogP contribution in [0, 0.1) is 0 Å². The predicted molar refractivity (Wildman–Crippen MR) is 39.2 cm³/mol. The highest BCUT2D eigenvalue weighted by Gasteiger charge is 2.03. The van der Waals surface area contributed by atoms with Gasteiger partial charge in [-0.2, -0.15) is 5.10 Å². The summed E-state index contributed by atoms with van der Waals surface area (Å²) in [6.07, 6.45) is 3.61. The van der Waals surface area contributed by atoms with Gasteiger partial charge < -0.3 is 11.5 Å². The molecule has 10 heavy (non-hydrogen) atoms. The number of aryl methyl sites for hydroxylation is 1. The van der Waals surface area contributed by atoms with E-state index in [4.69, 9.17) is 11.5 Å². The fraction of sp³-hybridized carbons (Fsp3) is 0.500. The Morgan fingerprint density at radius 1 is 1.80 bits per heavy atom. The second-order valence-electron chi connectivity index (χ2n) is 2.29. The highest BCUT2D eigenvalue weighted by atomic mass is 15.2. The first kappa shape index (κ1) is 7.24. The Morgan fingerprint density at radius 3 is 2.90 bits per heavy atom. The Labute approximate surface area is 59.8 Å². The van der Waals surface area contributed by atoms with E-state index in [-0.39, 0.29) is 6.04 Å². The molecule has 4 N–H and O–H groups in total. The maximum Gasteiger partial charge on any atom is 0.0537 e. The van der Waals surface area contributed by atoms with Gasteiger partial charge in [0.15, 0.2) is 0 Å². The van der Waals surface area contributed by atoms with Gasteiger partial charge in [-0.15, -0.1) is 0 Å². The highest BCUT2D eigenvalue weighted by Crippen LogP contribution is 2.05. The smallest absolute Gasteiger partial charge is 0.0537 e. The molecule has 0 aliphatic heterocycles. The van der Waals surface area contributed by atoms with Crippen molar-refractivity contribution >= 4 is 0 Å². The van der Waals surface area contributed by atoms with E-state index in [2.05, 4.69) is 5.10 Å². The molecule has 1 aromatic rings. The molecular weight excluding hydrogens is 128 g/mol. The summed E-state index contributed by atoms with van der Waals surface area (Å²) in [5.74, 6) is 0. The van der Waals surface area contributed by atoms with Crippen molar-refractivity contribution in [1.82, 2.24) is 9.78 Å². The first-order valence-electron chi connectivity index (χ1n) is 3.18. The molecule has 0 spiro atoms. The maximum absolute atomic E-state index is 5.63. The summed E-state index contributed by atoms with van der Waals surface area (Å²) < 4.78 is 1.71. The highest BCUT2D eigenvalue weighted by molar-refractivity contribution is 5.09. The molecule has 0 fully saturated rings. The van der Waals surface area contributed by atoms with Gasteiger partial charge in [-0.3, -0.25) is 4.68 Å². The van der Waals surface area contributed by atoms with E-state index in [1.807, 2.05) is 13.2 Å². The fourth-order valence-electron chi connectivity index (χ4n) is 0.768. The number of aromatic nitrogens is 2. The van der Waals surface area contributed by atoms with E-state index >= 15 is 0 Å². The fourth-order valence-corrected chi connectivity index (χ4v) is 0.768. The van der Waals surface area contributed by atoms with Crippen LogP contribution in [0.2, 0.25) is 0 Å². The van der Waals surface area contributed by atoms with E-state index in [0.29, 0.717) is 6.54 Å². The van der Waals surface area contributed by atoms with E-state index < -0.39 is 0 Å². The van der Waals surface area contributed by atoms with Crippen molar-refractivity contribution in [1.29, 1.82) is 0 Å². The van der Waals surface area contributed by atoms with Crippen molar-refractivity contribution < 1.29 is 0 Å². The minimum atomic E-state index is -0.0753. The van der Waals surface area contributed by atoms with Crippen LogP contribution in [0.5, 0.6) is 0 Å². The van der Waals surface area contributed by atoms with Crippen molar-refractivity contribution in [3.05, 3.63) is 18.0 Å². The molecular formula is C6H12N4. The maximum atomic E-state index is 5.63. The summed E-state index contributed by atoms with van der Waals surface area (Å²) in [6, 6.07) is -0.0753. The SMILES string of the molecule is Cn1cc(C(N)CN)cn1. The lowest BCUT2D eigenvalue weighted by molar-refractivity contribution is 0.730. The molecule has 0 bridgehead atoms. The standard InChI is InChI=1S/C6H12N4/c1-10-4-5(3-9-10)6(8)2-7/h3-4,6H,2,7-8H2,1H3. The molecule has 56 valence electrons. The first-order valence-corrected chi connectivity index (χ1v) is 3.18. The van der Waals surface area contributed by atoms with Crippen LogP contribution in [0.15, 0.2) is 12.4 Å². The molecule has 1 unspecified atom stereocenters. The number of rotatable bonds is 2. The topological polar surface area (TPSA) is 69.9 Å². The monoisotopic (exact) mass is 140 g/mol. The molecule has 0 radical (unpaired) electrons. The number of hydrogen-bond acceptors (Lipinski definition) is 3. The van der Waals surface area contributed by atoms with Crippen LogP contribution < -0.4 is 11.5 Å². The third kappa shape index (κ3) is 1.34. The van der Waals surface area contributed by atoms with Crippen molar-refractivity contribution in [2.45, 2.75) is 6.04 Å². The molecule has 4 heteroatoms. The first-order chi connectivity index (χ1) is 4.74. The average Bonchev–Trinajstić information content (AvgIpc) is 2.34. The molecule has 1 heterocycles. The van der Waals surface area contributed by atoms with Crippen LogP contribution in [-0.4, -0.2) is 16.3 Å². The Balaban J connectivity index is 2.74. The van der Waals surface area contributed by atoms with Gasteiger partial charge in [-0.25, -0.2) is 0 Å². The zero-order valence-corrected chi connectivity index (χ0v) is 5.99. The summed E-state index contributed by atoms with van der Waals surface area (Å²) in [5, 5.41) is 3.97. The average molecular weight is 140 g/mol. The van der Waals surface area contributed by atoms with Crippen molar-refractivity contribution in [2.24, 2.45) is 18.5 Å². The lowest BCUT2D eigenvalue weighted by Crippen LogP contribution is -2.20. The normalized spacial score (nSPS) is 13.5. The lowest BCUT2D eigenvalue weighted by atomic mass is 10.2. The molecule has 0 aromatic carbocycles. The summed E-state index contributed by atoms with van der Waals surface area (Å²) >= 11 is 0. The predicted octanol–water partition coefficient (Wildman–Crippen LogP) is -0.621. The zero-order chi connectivity index (χ0) is 7.56. The Bertz CT molecular complexity index is 205. The third-order valence-corrected chi connectivity index (χ3v) is 1.41. The molecule has 0 amide bonds. The van der Waals surface area contributed by atoms with Crippen molar-refractivity contribution in [3.8, 4) is 0 Å². The van der Waals surface area contributed by atoms with E-state index in [1.165, 1.54) is 0 Å². The summed E-state index contributed by atoms with van der Waals surface area (Å²) in [4.78, 5) is 0. The van der Waals surface area contributed by atoms with Crippen molar-refractivity contribution in [3.63, 3.8) is 0 Å². The zero-order valence-electron chi connectivity index (χ0n) is 5.99. The van der Waals surface area contributed by atoms with E-state index in [9.17, 15) is 0 Å². The molecule has 0 aliphatic carbocycles. The van der Waals surface area contributed by atoms with Gasteiger partial charge in [0.05, 0.1) is 6.20 Å². The van der Waals surface area contributed by atoms with Crippen LogP contribution >= 0.6 is 0 Å². The van der Waals surface area contributed by atoms with Gasteiger partial charge in [-0.05, 0) is 0 Å². The lowest BCUT2D eigenvalue weighted by Gasteiger charge is -2.02. The summed E-state index contributed by atoms with van der Waals surface area (Å²) in [5.41, 5.74) is 12.0. The van der Waals surface area contributed by atoms with E-state index in [0.717, 1.165) is 5.56 Å². The van der Waals surface area contributed by atoms with Crippen LogP contribution in [-0.2, 0) is 7.05 Å². The summed E-state index contributed by atoms with van der Waals surface area (Å²) in [6.45, 7) is 0.464. The van der Waals surface area contributed by atoms with Gasteiger partial charge in [0, 0.05) is 31.4 Å². The van der Waals surface area contributed by atoms with Crippen molar-refractivity contribution in [2.75, 3.05) is 6.54 Å².